The lowest BCUT2D eigenvalue weighted by Crippen LogP contribution is -2.33. The zero-order valence-corrected chi connectivity index (χ0v) is 16.3. The van der Waals surface area contributed by atoms with Crippen LogP contribution in [0.25, 0.3) is 0 Å². The van der Waals surface area contributed by atoms with Crippen LogP contribution < -0.4 is 20.1 Å². The number of rotatable bonds is 4. The fraction of sp³-hybridized carbons (Fsp3) is 0.474. The Bertz CT molecular complexity index is 821. The molecule has 1 amide bonds. The van der Waals surface area contributed by atoms with Crippen LogP contribution in [0.4, 0.5) is 0 Å². The molecule has 2 aliphatic heterocycles. The Balaban J connectivity index is 0.00000210. The van der Waals surface area contributed by atoms with Gasteiger partial charge in [0.15, 0.2) is 17.2 Å². The molecule has 3 heterocycles. The maximum Gasteiger partial charge on any atom is 0.272 e. The van der Waals surface area contributed by atoms with Crippen LogP contribution >= 0.6 is 12.4 Å². The summed E-state index contributed by atoms with van der Waals surface area (Å²) in [6.45, 7) is 6.86. The smallest absolute Gasteiger partial charge is 0.272 e. The van der Waals surface area contributed by atoms with Gasteiger partial charge in [-0.3, -0.25) is 9.89 Å². The number of H-pyrrole nitrogens is 1. The number of aromatic nitrogens is 2. The molecule has 146 valence electrons. The molecule has 7 nitrogen and oxygen atoms in total. The van der Waals surface area contributed by atoms with E-state index >= 15 is 0 Å². The highest BCUT2D eigenvalue weighted by Crippen LogP contribution is 2.34. The summed E-state index contributed by atoms with van der Waals surface area (Å²) in [6, 6.07) is 5.72. The van der Waals surface area contributed by atoms with E-state index in [2.05, 4.69) is 34.7 Å². The van der Waals surface area contributed by atoms with Gasteiger partial charge < -0.3 is 20.1 Å². The quantitative estimate of drug-likeness (QED) is 0.743. The van der Waals surface area contributed by atoms with Gasteiger partial charge in [0.05, 0.1) is 6.04 Å². The van der Waals surface area contributed by atoms with Crippen molar-refractivity contribution in [2.24, 2.45) is 5.92 Å². The van der Waals surface area contributed by atoms with Crippen LogP contribution in [0, 0.1) is 5.92 Å². The first-order valence-corrected chi connectivity index (χ1v) is 9.10. The van der Waals surface area contributed by atoms with E-state index in [1.165, 1.54) is 0 Å². The number of carbonyl (C=O) groups is 1. The lowest BCUT2D eigenvalue weighted by molar-refractivity contribution is 0.0919. The summed E-state index contributed by atoms with van der Waals surface area (Å²) >= 11 is 0. The van der Waals surface area contributed by atoms with Crippen LogP contribution in [0.15, 0.2) is 18.2 Å². The average molecular weight is 393 g/mol. The van der Waals surface area contributed by atoms with E-state index in [0.717, 1.165) is 41.3 Å². The molecule has 0 saturated carbocycles. The minimum absolute atomic E-state index is 0. The SMILES string of the molecule is CC(C)C(NC(=O)c1n[nH]c2c1CNCC2)c1ccc2c(c1)OCCO2.Cl. The summed E-state index contributed by atoms with van der Waals surface area (Å²) in [7, 11) is 0. The van der Waals surface area contributed by atoms with E-state index in [9.17, 15) is 4.79 Å². The molecule has 1 aromatic carbocycles. The number of halogens is 1. The number of ether oxygens (including phenoxy) is 2. The standard InChI is InChI=1S/C19H24N4O3.ClH/c1-11(2)17(12-3-4-15-16(9-12)26-8-7-25-15)21-19(24)18-13-10-20-6-5-14(13)22-23-18;/h3-4,9,11,17,20H,5-8,10H2,1-2H3,(H,21,24)(H,22,23);1H. The number of hydrogen-bond donors (Lipinski definition) is 3. The Morgan fingerprint density at radius 1 is 1.22 bits per heavy atom. The summed E-state index contributed by atoms with van der Waals surface area (Å²) in [6.07, 6.45) is 0.866. The second-order valence-corrected chi connectivity index (χ2v) is 7.05. The molecule has 2 aromatic rings. The van der Waals surface area contributed by atoms with Crippen LogP contribution in [-0.4, -0.2) is 35.9 Å². The van der Waals surface area contributed by atoms with Crippen molar-refractivity contribution in [1.82, 2.24) is 20.8 Å². The molecule has 1 aromatic heterocycles. The first-order chi connectivity index (χ1) is 12.6. The highest BCUT2D eigenvalue weighted by molar-refractivity contribution is 5.94. The number of aromatic amines is 1. The third-order valence-electron chi connectivity index (χ3n) is 4.90. The van der Waals surface area contributed by atoms with Gasteiger partial charge in [0.2, 0.25) is 0 Å². The molecule has 27 heavy (non-hydrogen) atoms. The minimum atomic E-state index is -0.153. The highest BCUT2D eigenvalue weighted by Gasteiger charge is 2.26. The fourth-order valence-corrected chi connectivity index (χ4v) is 3.51. The number of fused-ring (bicyclic) bond motifs is 2. The fourth-order valence-electron chi connectivity index (χ4n) is 3.51. The average Bonchev–Trinajstić information content (AvgIpc) is 3.09. The molecule has 1 unspecified atom stereocenters. The van der Waals surface area contributed by atoms with Crippen molar-refractivity contribution in [2.75, 3.05) is 19.8 Å². The normalized spacial score (nSPS) is 16.3. The van der Waals surface area contributed by atoms with E-state index < -0.39 is 0 Å². The number of amides is 1. The zero-order chi connectivity index (χ0) is 18.1. The lowest BCUT2D eigenvalue weighted by Gasteiger charge is -2.25. The molecule has 2 aliphatic rings. The van der Waals surface area contributed by atoms with Gasteiger partial charge in [-0.25, -0.2) is 0 Å². The Kier molecular flexibility index (Phi) is 5.92. The van der Waals surface area contributed by atoms with Gasteiger partial charge in [-0.2, -0.15) is 5.10 Å². The maximum atomic E-state index is 12.9. The van der Waals surface area contributed by atoms with Gasteiger partial charge >= 0.3 is 0 Å². The molecule has 0 aliphatic carbocycles. The molecule has 4 rings (SSSR count). The number of benzene rings is 1. The van der Waals surface area contributed by atoms with Crippen molar-refractivity contribution in [2.45, 2.75) is 32.9 Å². The Morgan fingerprint density at radius 3 is 2.78 bits per heavy atom. The van der Waals surface area contributed by atoms with Gasteiger partial charge in [-0.1, -0.05) is 19.9 Å². The molecule has 0 spiro atoms. The molecule has 3 N–H and O–H groups in total. The zero-order valence-electron chi connectivity index (χ0n) is 15.5. The van der Waals surface area contributed by atoms with Crippen LogP contribution in [-0.2, 0) is 13.0 Å². The highest BCUT2D eigenvalue weighted by atomic mass is 35.5. The largest absolute Gasteiger partial charge is 0.486 e. The van der Waals surface area contributed by atoms with Gasteiger partial charge in [-0.05, 0) is 23.6 Å². The third kappa shape index (κ3) is 3.89. The number of hydrogen-bond acceptors (Lipinski definition) is 5. The van der Waals surface area contributed by atoms with E-state index in [1.807, 2.05) is 18.2 Å². The van der Waals surface area contributed by atoms with E-state index in [4.69, 9.17) is 9.47 Å². The van der Waals surface area contributed by atoms with E-state index in [0.29, 0.717) is 25.5 Å². The van der Waals surface area contributed by atoms with Crippen LogP contribution in [0.5, 0.6) is 11.5 Å². The number of carbonyl (C=O) groups excluding carboxylic acids is 1. The molecule has 0 saturated heterocycles. The van der Waals surface area contributed by atoms with Gasteiger partial charge in [0.1, 0.15) is 13.2 Å². The number of nitrogens with zero attached hydrogens (tertiary/aromatic N) is 1. The molecular formula is C19H25ClN4O3. The van der Waals surface area contributed by atoms with Gasteiger partial charge in [-0.15, -0.1) is 12.4 Å². The predicted octanol–water partition coefficient (Wildman–Crippen LogP) is 2.38. The van der Waals surface area contributed by atoms with Crippen molar-refractivity contribution in [3.63, 3.8) is 0 Å². The Morgan fingerprint density at radius 2 is 2.00 bits per heavy atom. The lowest BCUT2D eigenvalue weighted by atomic mass is 9.95. The maximum absolute atomic E-state index is 12.9. The van der Waals surface area contributed by atoms with Crippen molar-refractivity contribution < 1.29 is 14.3 Å². The number of nitrogens with one attached hydrogen (secondary N) is 3. The van der Waals surface area contributed by atoms with Crippen molar-refractivity contribution in [3.05, 3.63) is 40.7 Å². The van der Waals surface area contributed by atoms with Crippen LogP contribution in [0.2, 0.25) is 0 Å². The predicted molar refractivity (Wildman–Crippen MR) is 104 cm³/mol. The monoisotopic (exact) mass is 392 g/mol. The summed E-state index contributed by atoms with van der Waals surface area (Å²) in [4.78, 5) is 12.9. The minimum Gasteiger partial charge on any atom is -0.486 e. The van der Waals surface area contributed by atoms with Gasteiger partial charge in [0, 0.05) is 30.8 Å². The molecule has 8 heteroatoms. The third-order valence-corrected chi connectivity index (χ3v) is 4.90. The summed E-state index contributed by atoms with van der Waals surface area (Å²) in [5.41, 5.74) is 3.50. The summed E-state index contributed by atoms with van der Waals surface area (Å²) < 4.78 is 11.3. The van der Waals surface area contributed by atoms with Crippen LogP contribution in [0.1, 0.15) is 47.2 Å². The van der Waals surface area contributed by atoms with E-state index in [1.54, 1.807) is 0 Å². The second kappa shape index (κ2) is 8.19. The first kappa shape index (κ1) is 19.5. The van der Waals surface area contributed by atoms with Gasteiger partial charge in [0.25, 0.3) is 5.91 Å². The van der Waals surface area contributed by atoms with Crippen molar-refractivity contribution in [1.29, 1.82) is 0 Å². The van der Waals surface area contributed by atoms with Crippen molar-refractivity contribution >= 4 is 18.3 Å². The Hall–Kier alpha value is -2.25. The first-order valence-electron chi connectivity index (χ1n) is 9.10. The molecule has 0 radical (unpaired) electrons. The molecule has 0 bridgehead atoms. The Labute approximate surface area is 164 Å². The topological polar surface area (TPSA) is 88.3 Å². The molecule has 1 atom stereocenters. The molecule has 0 fully saturated rings. The van der Waals surface area contributed by atoms with E-state index in [-0.39, 0.29) is 30.3 Å². The summed E-state index contributed by atoms with van der Waals surface area (Å²) in [5.74, 6) is 1.55. The molecular weight excluding hydrogens is 368 g/mol. The van der Waals surface area contributed by atoms with Crippen LogP contribution in [0.3, 0.4) is 0 Å². The van der Waals surface area contributed by atoms with Crippen molar-refractivity contribution in [3.8, 4) is 11.5 Å². The second-order valence-electron chi connectivity index (χ2n) is 7.05. The summed E-state index contributed by atoms with van der Waals surface area (Å²) in [5, 5.41) is 13.7.